The summed E-state index contributed by atoms with van der Waals surface area (Å²) in [6.45, 7) is 0. The highest BCUT2D eigenvalue weighted by molar-refractivity contribution is 5.61. The Morgan fingerprint density at radius 1 is 1.25 bits per heavy atom. The zero-order valence-electron chi connectivity index (χ0n) is 11.7. The van der Waals surface area contributed by atoms with E-state index >= 15 is 0 Å². The molecule has 2 heterocycles. The van der Waals surface area contributed by atoms with Crippen LogP contribution in [0, 0.1) is 17.1 Å². The van der Waals surface area contributed by atoms with Crippen molar-refractivity contribution in [2.75, 3.05) is 5.73 Å². The molecule has 3 rings (SSSR count). The van der Waals surface area contributed by atoms with E-state index in [0.717, 1.165) is 24.5 Å². The topological polar surface area (TPSA) is 89.1 Å². The molecule has 0 spiro atoms. The third-order valence-electron chi connectivity index (χ3n) is 3.33. The minimum absolute atomic E-state index is 0.120. The van der Waals surface area contributed by atoms with Crippen molar-refractivity contribution in [3.8, 4) is 11.8 Å². The number of nitriles is 1. The maximum Gasteiger partial charge on any atom is 0.432 e. The van der Waals surface area contributed by atoms with Gasteiger partial charge in [-0.3, -0.25) is 9.20 Å². The van der Waals surface area contributed by atoms with Gasteiger partial charge in [0.15, 0.2) is 0 Å². The molecule has 122 valence electrons. The lowest BCUT2D eigenvalue weighted by Crippen LogP contribution is -2.26. The maximum atomic E-state index is 14.2. The van der Waals surface area contributed by atoms with E-state index in [1.54, 1.807) is 6.07 Å². The van der Waals surface area contributed by atoms with E-state index in [0.29, 0.717) is 15.0 Å². The van der Waals surface area contributed by atoms with Gasteiger partial charge in [-0.15, -0.1) is 0 Å². The molecule has 0 unspecified atom stereocenters. The van der Waals surface area contributed by atoms with Crippen LogP contribution in [0.1, 0.15) is 11.3 Å². The Labute approximate surface area is 131 Å². The number of fused-ring (bicyclic) bond motifs is 1. The molecule has 1 aromatic carbocycles. The molecule has 0 atom stereocenters. The van der Waals surface area contributed by atoms with Gasteiger partial charge in [-0.2, -0.15) is 18.4 Å². The lowest BCUT2D eigenvalue weighted by molar-refractivity contribution is -0.142. The number of halogens is 4. The van der Waals surface area contributed by atoms with Gasteiger partial charge in [-0.05, 0) is 12.1 Å². The second-order valence-corrected chi connectivity index (χ2v) is 4.80. The van der Waals surface area contributed by atoms with Crippen molar-refractivity contribution in [2.45, 2.75) is 6.18 Å². The maximum absolute atomic E-state index is 14.2. The highest BCUT2D eigenvalue weighted by atomic mass is 19.4. The molecule has 0 amide bonds. The van der Waals surface area contributed by atoms with Gasteiger partial charge in [0.25, 0.3) is 5.56 Å². The fourth-order valence-corrected chi connectivity index (χ4v) is 2.29. The first kappa shape index (κ1) is 15.5. The van der Waals surface area contributed by atoms with Crippen LogP contribution >= 0.6 is 0 Å². The van der Waals surface area contributed by atoms with Crippen LogP contribution in [0.5, 0.6) is 0 Å². The number of nitrogen functional groups attached to an aromatic ring is 1. The zero-order chi connectivity index (χ0) is 17.6. The highest BCUT2D eigenvalue weighted by Gasteiger charge is 2.35. The summed E-state index contributed by atoms with van der Waals surface area (Å²) in [6, 6.07) is 3.80. The molecule has 10 heteroatoms. The molecule has 0 saturated heterocycles. The quantitative estimate of drug-likeness (QED) is 0.544. The monoisotopic (exact) mass is 337 g/mol. The molecule has 24 heavy (non-hydrogen) atoms. The first-order chi connectivity index (χ1) is 11.2. The molecule has 0 aliphatic carbocycles. The van der Waals surface area contributed by atoms with Crippen molar-refractivity contribution < 1.29 is 17.6 Å². The number of rotatable bonds is 1. The number of nitrogens with two attached hydrogens (primary N) is 1. The summed E-state index contributed by atoms with van der Waals surface area (Å²) < 4.78 is 54.6. The van der Waals surface area contributed by atoms with Crippen molar-refractivity contribution in [3.63, 3.8) is 0 Å². The van der Waals surface area contributed by atoms with Crippen LogP contribution in [-0.2, 0) is 6.18 Å². The summed E-state index contributed by atoms with van der Waals surface area (Å²) in [7, 11) is 0. The molecule has 0 bridgehead atoms. The molecule has 2 aromatic heterocycles. The smallest absolute Gasteiger partial charge is 0.398 e. The second-order valence-electron chi connectivity index (χ2n) is 4.80. The van der Waals surface area contributed by atoms with E-state index in [1.165, 1.54) is 0 Å². The van der Waals surface area contributed by atoms with Gasteiger partial charge >= 0.3 is 6.18 Å². The summed E-state index contributed by atoms with van der Waals surface area (Å²) in [4.78, 5) is 15.9. The minimum atomic E-state index is -4.79. The Bertz CT molecular complexity index is 1060. The SMILES string of the molecule is N#Cc1cc(F)c(-n2c(=O)cc(C(F)(F)F)n3ccnc23)cc1N. The van der Waals surface area contributed by atoms with Gasteiger partial charge in [0.1, 0.15) is 17.6 Å². The number of anilines is 1. The molecule has 0 aliphatic heterocycles. The van der Waals surface area contributed by atoms with Gasteiger partial charge < -0.3 is 5.73 Å². The van der Waals surface area contributed by atoms with Gasteiger partial charge in [0.05, 0.1) is 16.9 Å². The molecular formula is C14H7F4N5O. The van der Waals surface area contributed by atoms with Crippen LogP contribution in [0.3, 0.4) is 0 Å². The third-order valence-corrected chi connectivity index (χ3v) is 3.33. The molecule has 0 aliphatic rings. The Morgan fingerprint density at radius 3 is 2.58 bits per heavy atom. The van der Waals surface area contributed by atoms with Gasteiger partial charge in [0, 0.05) is 18.5 Å². The number of nitrogens with zero attached hydrogens (tertiary/aromatic N) is 4. The van der Waals surface area contributed by atoms with Crippen molar-refractivity contribution in [3.05, 3.63) is 58.0 Å². The van der Waals surface area contributed by atoms with E-state index in [-0.39, 0.29) is 11.3 Å². The molecule has 6 nitrogen and oxygen atoms in total. The van der Waals surface area contributed by atoms with Crippen molar-refractivity contribution >= 4 is 11.5 Å². The fourth-order valence-electron chi connectivity index (χ4n) is 2.29. The third kappa shape index (κ3) is 2.26. The largest absolute Gasteiger partial charge is 0.432 e. The molecule has 3 aromatic rings. The predicted octanol–water partition coefficient (Wildman–Crippen LogP) is 2.10. The van der Waals surface area contributed by atoms with Gasteiger partial charge in [0.2, 0.25) is 5.78 Å². The molecule has 0 saturated carbocycles. The van der Waals surface area contributed by atoms with Crippen LogP contribution in [0.25, 0.3) is 11.5 Å². The Morgan fingerprint density at radius 2 is 1.96 bits per heavy atom. The number of alkyl halides is 3. The molecule has 0 radical (unpaired) electrons. The van der Waals surface area contributed by atoms with E-state index < -0.39 is 34.7 Å². The summed E-state index contributed by atoms with van der Waals surface area (Å²) in [5.41, 5.74) is 2.54. The van der Waals surface area contributed by atoms with Gasteiger partial charge in [-0.25, -0.2) is 13.9 Å². The van der Waals surface area contributed by atoms with E-state index in [4.69, 9.17) is 11.0 Å². The van der Waals surface area contributed by atoms with Crippen LogP contribution in [-0.4, -0.2) is 14.0 Å². The number of benzene rings is 1. The highest BCUT2D eigenvalue weighted by Crippen LogP contribution is 2.29. The Balaban J connectivity index is 2.40. The van der Waals surface area contributed by atoms with Crippen molar-refractivity contribution in [1.82, 2.24) is 14.0 Å². The number of imidazole rings is 1. The minimum Gasteiger partial charge on any atom is -0.398 e. The van der Waals surface area contributed by atoms with E-state index in [1.807, 2.05) is 0 Å². The number of hydrogen-bond acceptors (Lipinski definition) is 4. The number of aromatic nitrogens is 3. The van der Waals surface area contributed by atoms with Crippen molar-refractivity contribution in [2.24, 2.45) is 0 Å². The predicted molar refractivity (Wildman–Crippen MR) is 74.9 cm³/mol. The molecule has 2 N–H and O–H groups in total. The van der Waals surface area contributed by atoms with Crippen LogP contribution in [0.4, 0.5) is 23.2 Å². The first-order valence-electron chi connectivity index (χ1n) is 6.40. The van der Waals surface area contributed by atoms with Crippen LogP contribution < -0.4 is 11.3 Å². The average Bonchev–Trinajstić information content (AvgIpc) is 2.96. The first-order valence-corrected chi connectivity index (χ1v) is 6.40. The molecular weight excluding hydrogens is 330 g/mol. The zero-order valence-corrected chi connectivity index (χ0v) is 11.7. The van der Waals surface area contributed by atoms with Gasteiger partial charge in [-0.1, -0.05) is 0 Å². The average molecular weight is 337 g/mol. The summed E-state index contributed by atoms with van der Waals surface area (Å²) in [5.74, 6) is -1.43. The number of hydrogen-bond donors (Lipinski definition) is 1. The summed E-state index contributed by atoms with van der Waals surface area (Å²) in [5, 5.41) is 8.82. The van der Waals surface area contributed by atoms with Crippen molar-refractivity contribution in [1.29, 1.82) is 5.26 Å². The van der Waals surface area contributed by atoms with Crippen LogP contribution in [0.2, 0.25) is 0 Å². The Hall–Kier alpha value is -3.35. The lowest BCUT2D eigenvalue weighted by Gasteiger charge is -2.14. The van der Waals surface area contributed by atoms with E-state index in [9.17, 15) is 22.4 Å². The standard InChI is InChI=1S/C14H7F4N5O/c15-8-3-7(6-19)9(20)4-10(8)23-12(24)5-11(14(16,17)18)22-2-1-21-13(22)23/h1-5H,20H2. The Kier molecular flexibility index (Phi) is 3.30. The summed E-state index contributed by atoms with van der Waals surface area (Å²) in [6.07, 6.45) is -2.75. The fraction of sp³-hybridized carbons (Fsp3) is 0.0714. The summed E-state index contributed by atoms with van der Waals surface area (Å²) >= 11 is 0. The van der Waals surface area contributed by atoms with Crippen LogP contribution in [0.15, 0.2) is 35.4 Å². The normalized spacial score (nSPS) is 11.6. The van der Waals surface area contributed by atoms with E-state index in [2.05, 4.69) is 4.98 Å². The second kappa shape index (κ2) is 5.09. The molecule has 0 fully saturated rings. The lowest BCUT2D eigenvalue weighted by atomic mass is 10.1.